The smallest absolute Gasteiger partial charge is 0.175 e. The van der Waals surface area contributed by atoms with E-state index in [1.807, 2.05) is 23.0 Å². The zero-order valence-electron chi connectivity index (χ0n) is 16.6. The van der Waals surface area contributed by atoms with Gasteiger partial charge < -0.3 is 10.6 Å². The Morgan fingerprint density at radius 1 is 0.931 bits per heavy atom. The van der Waals surface area contributed by atoms with Gasteiger partial charge in [0.1, 0.15) is 0 Å². The average Bonchev–Trinajstić information content (AvgIpc) is 3.15. The molecule has 0 atom stereocenters. The molecule has 5 heteroatoms. The standard InChI is InChI=1S/C24H24N4S/c1-17(2)18-10-12-21(13-11-18)26-24(29)27-22-14-25-28(16-22)15-20-8-5-7-19-6-3-4-9-23(19)20/h3-14,16-17H,15H2,1-2H3,(H2,26,27,29). The Balaban J connectivity index is 1.40. The topological polar surface area (TPSA) is 41.9 Å². The number of hydrogen-bond acceptors (Lipinski definition) is 2. The number of aromatic nitrogens is 2. The van der Waals surface area contributed by atoms with Gasteiger partial charge in [-0.3, -0.25) is 4.68 Å². The van der Waals surface area contributed by atoms with Gasteiger partial charge in [-0.2, -0.15) is 5.10 Å². The summed E-state index contributed by atoms with van der Waals surface area (Å²) in [6.45, 7) is 5.08. The van der Waals surface area contributed by atoms with Gasteiger partial charge in [0.2, 0.25) is 0 Å². The first-order valence-corrected chi connectivity index (χ1v) is 10.2. The number of nitrogens with zero attached hydrogens (tertiary/aromatic N) is 2. The first kappa shape index (κ1) is 19.2. The SMILES string of the molecule is CC(C)c1ccc(NC(=S)Nc2cnn(Cc3cccc4ccccc34)c2)cc1. The van der Waals surface area contributed by atoms with E-state index < -0.39 is 0 Å². The zero-order valence-corrected chi connectivity index (χ0v) is 17.4. The van der Waals surface area contributed by atoms with Crippen LogP contribution in [0.3, 0.4) is 0 Å². The Kier molecular flexibility index (Phi) is 5.58. The molecule has 29 heavy (non-hydrogen) atoms. The lowest BCUT2D eigenvalue weighted by molar-refractivity contribution is 0.690. The quantitative estimate of drug-likeness (QED) is 0.402. The predicted octanol–water partition coefficient (Wildman–Crippen LogP) is 6.02. The van der Waals surface area contributed by atoms with Gasteiger partial charge >= 0.3 is 0 Å². The second-order valence-corrected chi connectivity index (χ2v) is 7.83. The van der Waals surface area contributed by atoms with Crippen molar-refractivity contribution in [3.63, 3.8) is 0 Å². The maximum atomic E-state index is 5.45. The van der Waals surface area contributed by atoms with Crippen LogP contribution in [0.2, 0.25) is 0 Å². The van der Waals surface area contributed by atoms with Crippen LogP contribution in [0.4, 0.5) is 11.4 Å². The number of fused-ring (bicyclic) bond motifs is 1. The fourth-order valence-electron chi connectivity index (χ4n) is 3.36. The van der Waals surface area contributed by atoms with Gasteiger partial charge in [0, 0.05) is 11.9 Å². The lowest BCUT2D eigenvalue weighted by atomic mass is 10.0. The lowest BCUT2D eigenvalue weighted by Crippen LogP contribution is -2.18. The highest BCUT2D eigenvalue weighted by Crippen LogP contribution is 2.20. The van der Waals surface area contributed by atoms with E-state index in [9.17, 15) is 0 Å². The van der Waals surface area contributed by atoms with Gasteiger partial charge in [0.15, 0.2) is 5.11 Å². The highest BCUT2D eigenvalue weighted by atomic mass is 32.1. The molecule has 1 heterocycles. The molecule has 0 saturated heterocycles. The van der Waals surface area contributed by atoms with Gasteiger partial charge in [-0.1, -0.05) is 68.4 Å². The van der Waals surface area contributed by atoms with Crippen LogP contribution >= 0.6 is 12.2 Å². The molecule has 0 bridgehead atoms. The molecular weight excluding hydrogens is 376 g/mol. The number of hydrogen-bond donors (Lipinski definition) is 2. The van der Waals surface area contributed by atoms with Crippen molar-refractivity contribution in [2.75, 3.05) is 10.6 Å². The summed E-state index contributed by atoms with van der Waals surface area (Å²) in [5.41, 5.74) is 4.38. The molecule has 0 saturated carbocycles. The van der Waals surface area contributed by atoms with Crippen molar-refractivity contribution in [1.29, 1.82) is 0 Å². The Labute approximate surface area is 176 Å². The molecule has 0 amide bonds. The first-order valence-electron chi connectivity index (χ1n) is 9.75. The average molecular weight is 401 g/mol. The summed E-state index contributed by atoms with van der Waals surface area (Å²) < 4.78 is 1.92. The van der Waals surface area contributed by atoms with E-state index in [2.05, 4.69) is 84.2 Å². The third kappa shape index (κ3) is 4.63. The monoisotopic (exact) mass is 400 g/mol. The molecule has 4 aromatic rings. The van der Waals surface area contributed by atoms with Crippen LogP contribution in [0, 0.1) is 0 Å². The summed E-state index contributed by atoms with van der Waals surface area (Å²) in [6.07, 6.45) is 3.76. The molecule has 2 N–H and O–H groups in total. The molecule has 0 aliphatic heterocycles. The van der Waals surface area contributed by atoms with Crippen LogP contribution in [0.15, 0.2) is 79.1 Å². The van der Waals surface area contributed by atoms with Crippen LogP contribution < -0.4 is 10.6 Å². The molecule has 0 fully saturated rings. The van der Waals surface area contributed by atoms with Crippen molar-refractivity contribution < 1.29 is 0 Å². The third-order valence-corrected chi connectivity index (χ3v) is 5.14. The molecule has 0 spiro atoms. The van der Waals surface area contributed by atoms with Crippen LogP contribution in [-0.2, 0) is 6.54 Å². The molecule has 4 rings (SSSR count). The first-order chi connectivity index (χ1) is 14.1. The van der Waals surface area contributed by atoms with Crippen LogP contribution in [0.5, 0.6) is 0 Å². The van der Waals surface area contributed by atoms with E-state index in [0.29, 0.717) is 17.6 Å². The minimum atomic E-state index is 0.515. The fraction of sp³-hybridized carbons (Fsp3) is 0.167. The Morgan fingerprint density at radius 2 is 1.66 bits per heavy atom. The third-order valence-electron chi connectivity index (χ3n) is 4.94. The second-order valence-electron chi connectivity index (χ2n) is 7.42. The predicted molar refractivity (Wildman–Crippen MR) is 126 cm³/mol. The Hall–Kier alpha value is -3.18. The summed E-state index contributed by atoms with van der Waals surface area (Å²) in [5.74, 6) is 0.515. The van der Waals surface area contributed by atoms with E-state index in [0.717, 1.165) is 11.4 Å². The minimum Gasteiger partial charge on any atom is -0.332 e. The van der Waals surface area contributed by atoms with Crippen molar-refractivity contribution in [1.82, 2.24) is 9.78 Å². The summed E-state index contributed by atoms with van der Waals surface area (Å²) in [4.78, 5) is 0. The number of thiocarbonyl (C=S) groups is 1. The van der Waals surface area contributed by atoms with Gasteiger partial charge in [0.25, 0.3) is 0 Å². The molecule has 1 aromatic heterocycles. The van der Waals surface area contributed by atoms with Crippen LogP contribution in [0.1, 0.15) is 30.9 Å². The maximum absolute atomic E-state index is 5.45. The van der Waals surface area contributed by atoms with E-state index in [4.69, 9.17) is 12.2 Å². The maximum Gasteiger partial charge on any atom is 0.175 e. The minimum absolute atomic E-state index is 0.515. The summed E-state index contributed by atoms with van der Waals surface area (Å²) in [5, 5.41) is 13.9. The fourth-order valence-corrected chi connectivity index (χ4v) is 3.60. The van der Waals surface area contributed by atoms with Crippen molar-refractivity contribution in [2.45, 2.75) is 26.3 Å². The van der Waals surface area contributed by atoms with E-state index in [1.165, 1.54) is 21.9 Å². The van der Waals surface area contributed by atoms with Gasteiger partial charge in [-0.15, -0.1) is 0 Å². The van der Waals surface area contributed by atoms with Crippen molar-refractivity contribution in [2.24, 2.45) is 0 Å². The highest BCUT2D eigenvalue weighted by molar-refractivity contribution is 7.80. The highest BCUT2D eigenvalue weighted by Gasteiger charge is 2.06. The summed E-state index contributed by atoms with van der Waals surface area (Å²) >= 11 is 5.45. The number of rotatable bonds is 5. The van der Waals surface area contributed by atoms with Gasteiger partial charge in [-0.05, 0) is 52.2 Å². The van der Waals surface area contributed by atoms with Gasteiger partial charge in [-0.25, -0.2) is 0 Å². The molecule has 4 nitrogen and oxygen atoms in total. The lowest BCUT2D eigenvalue weighted by Gasteiger charge is -2.11. The Bertz CT molecular complexity index is 1120. The Morgan fingerprint density at radius 3 is 2.45 bits per heavy atom. The molecule has 3 aromatic carbocycles. The van der Waals surface area contributed by atoms with E-state index in [1.54, 1.807) is 6.20 Å². The zero-order chi connectivity index (χ0) is 20.2. The van der Waals surface area contributed by atoms with Crippen molar-refractivity contribution in [3.05, 3.63) is 90.3 Å². The number of benzene rings is 3. The summed E-state index contributed by atoms with van der Waals surface area (Å²) in [6, 6.07) is 23.1. The molecule has 0 radical (unpaired) electrons. The molecular formula is C24H24N4S. The van der Waals surface area contributed by atoms with Crippen molar-refractivity contribution >= 4 is 39.5 Å². The van der Waals surface area contributed by atoms with Crippen LogP contribution in [0.25, 0.3) is 10.8 Å². The number of nitrogens with one attached hydrogen (secondary N) is 2. The van der Waals surface area contributed by atoms with E-state index >= 15 is 0 Å². The largest absolute Gasteiger partial charge is 0.332 e. The van der Waals surface area contributed by atoms with E-state index in [-0.39, 0.29) is 0 Å². The molecule has 146 valence electrons. The van der Waals surface area contributed by atoms with Crippen LogP contribution in [-0.4, -0.2) is 14.9 Å². The molecule has 0 aliphatic carbocycles. The second kappa shape index (κ2) is 8.45. The normalized spacial score (nSPS) is 11.0. The molecule has 0 unspecified atom stereocenters. The molecule has 0 aliphatic rings. The number of anilines is 2. The van der Waals surface area contributed by atoms with Crippen molar-refractivity contribution in [3.8, 4) is 0 Å². The summed E-state index contributed by atoms with van der Waals surface area (Å²) in [7, 11) is 0. The van der Waals surface area contributed by atoms with Gasteiger partial charge in [0.05, 0.1) is 18.4 Å².